The van der Waals surface area contributed by atoms with Crippen molar-refractivity contribution < 1.29 is 0 Å². The average Bonchev–Trinajstić information content (AvgIpc) is 2.21. The van der Waals surface area contributed by atoms with Gasteiger partial charge in [0, 0.05) is 14.7 Å². The van der Waals surface area contributed by atoms with Crippen LogP contribution >= 0.6 is 43.6 Å². The molecule has 0 fully saturated rings. The van der Waals surface area contributed by atoms with Crippen LogP contribution in [0.25, 0.3) is 0 Å². The van der Waals surface area contributed by atoms with Crippen LogP contribution in [-0.2, 0) is 0 Å². The summed E-state index contributed by atoms with van der Waals surface area (Å²) in [7, 11) is 0. The van der Waals surface area contributed by atoms with Crippen molar-refractivity contribution in [1.29, 1.82) is 0 Å². The molecule has 0 saturated heterocycles. The molecule has 1 unspecified atom stereocenters. The highest BCUT2D eigenvalue weighted by molar-refractivity contribution is 9.10. The molecule has 0 saturated carbocycles. The van der Waals surface area contributed by atoms with Gasteiger partial charge in [0.05, 0.1) is 0 Å². The second-order valence-corrected chi connectivity index (χ2v) is 6.55. The highest BCUT2D eigenvalue weighted by Crippen LogP contribution is 2.23. The molecular formula is C12H16Br2S. The monoisotopic (exact) mass is 350 g/mol. The second-order valence-electron chi connectivity index (χ2n) is 3.67. The Morgan fingerprint density at radius 3 is 2.47 bits per heavy atom. The Bertz CT molecular complexity index is 271. The first-order chi connectivity index (χ1) is 7.22. The number of hydrogen-bond acceptors (Lipinski definition) is 1. The van der Waals surface area contributed by atoms with E-state index in [4.69, 9.17) is 0 Å². The van der Waals surface area contributed by atoms with Crippen LogP contribution < -0.4 is 0 Å². The third kappa shape index (κ3) is 5.98. The quantitative estimate of drug-likeness (QED) is 0.491. The third-order valence-corrected chi connectivity index (χ3v) is 4.33. The molecule has 0 aliphatic rings. The normalized spacial score (nSPS) is 12.7. The van der Waals surface area contributed by atoms with Gasteiger partial charge in [0.15, 0.2) is 0 Å². The van der Waals surface area contributed by atoms with Gasteiger partial charge in [0.1, 0.15) is 0 Å². The van der Waals surface area contributed by atoms with E-state index in [1.807, 2.05) is 11.8 Å². The molecule has 0 nitrogen and oxygen atoms in total. The molecule has 0 heterocycles. The molecule has 1 aromatic carbocycles. The van der Waals surface area contributed by atoms with Gasteiger partial charge < -0.3 is 0 Å². The predicted octanol–water partition coefficient (Wildman–Crippen LogP) is 5.35. The lowest BCUT2D eigenvalue weighted by atomic mass is 10.1. The molecule has 1 aromatic rings. The van der Waals surface area contributed by atoms with Crippen molar-refractivity contribution in [3.63, 3.8) is 0 Å². The van der Waals surface area contributed by atoms with Crippen LogP contribution in [-0.4, -0.2) is 11.1 Å². The average molecular weight is 352 g/mol. The molecule has 0 aliphatic heterocycles. The smallest absolute Gasteiger partial charge is 0.0176 e. The predicted molar refractivity (Wildman–Crippen MR) is 77.1 cm³/mol. The minimum atomic E-state index is 0.826. The summed E-state index contributed by atoms with van der Waals surface area (Å²) in [6.07, 6.45) is 2.58. The van der Waals surface area contributed by atoms with Gasteiger partial charge in [-0.15, -0.1) is 11.8 Å². The van der Waals surface area contributed by atoms with Crippen molar-refractivity contribution in [2.45, 2.75) is 24.7 Å². The lowest BCUT2D eigenvalue weighted by Gasteiger charge is -2.08. The number of alkyl halides is 1. The van der Waals surface area contributed by atoms with Crippen molar-refractivity contribution in [3.05, 3.63) is 28.7 Å². The zero-order valence-corrected chi connectivity index (χ0v) is 12.9. The number of benzene rings is 1. The molecule has 0 bridgehead atoms. The minimum absolute atomic E-state index is 0.826. The topological polar surface area (TPSA) is 0 Å². The van der Waals surface area contributed by atoms with E-state index in [1.54, 1.807) is 0 Å². The molecule has 0 radical (unpaired) electrons. The number of halogens is 2. The Hall–Kier alpha value is 0.530. The zero-order chi connectivity index (χ0) is 11.1. The number of rotatable bonds is 6. The Morgan fingerprint density at radius 1 is 1.20 bits per heavy atom. The highest BCUT2D eigenvalue weighted by atomic mass is 79.9. The Morgan fingerprint density at radius 2 is 1.87 bits per heavy atom. The van der Waals surface area contributed by atoms with Gasteiger partial charge in [-0.1, -0.05) is 38.8 Å². The summed E-state index contributed by atoms with van der Waals surface area (Å²) >= 11 is 8.87. The summed E-state index contributed by atoms with van der Waals surface area (Å²) in [5.74, 6) is 2.04. The fourth-order valence-corrected chi connectivity index (χ4v) is 3.37. The van der Waals surface area contributed by atoms with Crippen LogP contribution in [0.1, 0.15) is 19.8 Å². The van der Waals surface area contributed by atoms with E-state index in [9.17, 15) is 0 Å². The van der Waals surface area contributed by atoms with E-state index in [1.165, 1.54) is 23.5 Å². The molecular weight excluding hydrogens is 336 g/mol. The van der Waals surface area contributed by atoms with E-state index in [0.29, 0.717) is 0 Å². The molecule has 0 amide bonds. The Kier molecular flexibility index (Phi) is 7.02. The number of hydrogen-bond donors (Lipinski definition) is 0. The lowest BCUT2D eigenvalue weighted by molar-refractivity contribution is 0.555. The van der Waals surface area contributed by atoms with E-state index in [0.717, 1.165) is 15.7 Å². The zero-order valence-electron chi connectivity index (χ0n) is 8.88. The Labute approximate surface area is 113 Å². The fraction of sp³-hybridized carbons (Fsp3) is 0.500. The summed E-state index contributed by atoms with van der Waals surface area (Å²) in [5.41, 5.74) is 0. The first kappa shape index (κ1) is 13.6. The van der Waals surface area contributed by atoms with Crippen molar-refractivity contribution in [3.8, 4) is 0 Å². The van der Waals surface area contributed by atoms with Gasteiger partial charge >= 0.3 is 0 Å². The maximum atomic E-state index is 3.48. The SMILES string of the molecule is CC(CCBr)CCSc1ccc(Br)cc1. The number of thioether (sulfide) groups is 1. The summed E-state index contributed by atoms with van der Waals surface area (Å²) in [4.78, 5) is 1.37. The molecule has 0 aromatic heterocycles. The van der Waals surface area contributed by atoms with E-state index >= 15 is 0 Å². The molecule has 84 valence electrons. The van der Waals surface area contributed by atoms with Crippen molar-refractivity contribution in [2.24, 2.45) is 5.92 Å². The molecule has 0 aliphatic carbocycles. The van der Waals surface area contributed by atoms with Gasteiger partial charge in [-0.05, 0) is 48.8 Å². The van der Waals surface area contributed by atoms with Crippen LogP contribution in [0.2, 0.25) is 0 Å². The summed E-state index contributed by atoms with van der Waals surface area (Å²) in [6, 6.07) is 8.54. The van der Waals surface area contributed by atoms with Gasteiger partial charge in [-0.3, -0.25) is 0 Å². The van der Waals surface area contributed by atoms with Crippen LogP contribution in [0.3, 0.4) is 0 Å². The van der Waals surface area contributed by atoms with Crippen molar-refractivity contribution in [2.75, 3.05) is 11.1 Å². The molecule has 0 N–H and O–H groups in total. The molecule has 1 atom stereocenters. The molecule has 1 rings (SSSR count). The van der Waals surface area contributed by atoms with Crippen molar-refractivity contribution >= 4 is 43.6 Å². The van der Waals surface area contributed by atoms with Crippen molar-refractivity contribution in [1.82, 2.24) is 0 Å². The van der Waals surface area contributed by atoms with E-state index in [2.05, 4.69) is 63.0 Å². The largest absolute Gasteiger partial charge is 0.126 e. The molecule has 0 spiro atoms. The van der Waals surface area contributed by atoms with Gasteiger partial charge in [0.2, 0.25) is 0 Å². The second kappa shape index (κ2) is 7.75. The third-order valence-electron chi connectivity index (χ3n) is 2.29. The molecule has 15 heavy (non-hydrogen) atoms. The van der Waals surface area contributed by atoms with E-state index in [-0.39, 0.29) is 0 Å². The summed E-state index contributed by atoms with van der Waals surface area (Å²) in [5, 5.41) is 1.12. The first-order valence-electron chi connectivity index (χ1n) is 5.16. The Balaban J connectivity index is 2.22. The van der Waals surface area contributed by atoms with Crippen LogP contribution in [0.4, 0.5) is 0 Å². The maximum absolute atomic E-state index is 3.48. The molecule has 3 heteroatoms. The van der Waals surface area contributed by atoms with Gasteiger partial charge in [-0.2, -0.15) is 0 Å². The standard InChI is InChI=1S/C12H16Br2S/c1-10(6-8-13)7-9-15-12-4-2-11(14)3-5-12/h2-5,10H,6-9H2,1H3. The highest BCUT2D eigenvalue weighted by Gasteiger charge is 2.01. The van der Waals surface area contributed by atoms with E-state index < -0.39 is 0 Å². The summed E-state index contributed by atoms with van der Waals surface area (Å²) < 4.78 is 1.15. The van der Waals surface area contributed by atoms with Crippen LogP contribution in [0.5, 0.6) is 0 Å². The first-order valence-corrected chi connectivity index (χ1v) is 8.06. The minimum Gasteiger partial charge on any atom is -0.126 e. The summed E-state index contributed by atoms with van der Waals surface area (Å²) in [6.45, 7) is 2.32. The van der Waals surface area contributed by atoms with Gasteiger partial charge in [0.25, 0.3) is 0 Å². The lowest BCUT2D eigenvalue weighted by Crippen LogP contribution is -1.96. The van der Waals surface area contributed by atoms with Crippen LogP contribution in [0.15, 0.2) is 33.6 Å². The van der Waals surface area contributed by atoms with Gasteiger partial charge in [-0.25, -0.2) is 0 Å². The maximum Gasteiger partial charge on any atom is 0.0176 e. The van der Waals surface area contributed by atoms with Crippen LogP contribution in [0, 0.1) is 5.92 Å². The fourth-order valence-electron chi connectivity index (χ4n) is 1.24.